The maximum Gasteiger partial charge on any atom is 0.231 e. The quantitative estimate of drug-likeness (QED) is 0.776. The van der Waals surface area contributed by atoms with Gasteiger partial charge in [-0.3, -0.25) is 0 Å². The molecule has 5 heteroatoms. The van der Waals surface area contributed by atoms with Gasteiger partial charge in [-0.05, 0) is 18.7 Å². The van der Waals surface area contributed by atoms with Crippen LogP contribution in [0.15, 0.2) is 4.52 Å². The molecule has 0 amide bonds. The van der Waals surface area contributed by atoms with Crippen LogP contribution >= 0.6 is 11.8 Å². The normalized spacial score (nSPS) is 14.8. The second-order valence-corrected chi connectivity index (χ2v) is 5.32. The molecular formula is C12H23N3OS. The maximum absolute atomic E-state index is 5.34. The number of likely N-dealkylation sites (N-methyl/N-ethyl adjacent to an activating group) is 1. The van der Waals surface area contributed by atoms with Crippen molar-refractivity contribution >= 4 is 11.8 Å². The van der Waals surface area contributed by atoms with Gasteiger partial charge in [-0.1, -0.05) is 32.9 Å². The number of nitrogens with zero attached hydrogens (tertiary/aromatic N) is 2. The smallest absolute Gasteiger partial charge is 0.231 e. The highest BCUT2D eigenvalue weighted by molar-refractivity contribution is 7.98. The largest absolute Gasteiger partial charge is 0.339 e. The highest BCUT2D eigenvalue weighted by Crippen LogP contribution is 2.20. The van der Waals surface area contributed by atoms with Gasteiger partial charge in [-0.25, -0.2) is 0 Å². The molecule has 0 saturated carbocycles. The van der Waals surface area contributed by atoms with Gasteiger partial charge in [0.25, 0.3) is 0 Å². The first kappa shape index (κ1) is 14.5. The minimum atomic E-state index is 0.271. The molecule has 0 spiro atoms. The summed E-state index contributed by atoms with van der Waals surface area (Å²) in [6.07, 6.45) is 1.07. The molecule has 2 atom stereocenters. The Hall–Kier alpha value is -0.550. The maximum atomic E-state index is 5.34. The Balaban J connectivity index is 2.61. The van der Waals surface area contributed by atoms with Crippen LogP contribution in [0.2, 0.25) is 0 Å². The Labute approximate surface area is 108 Å². The van der Waals surface area contributed by atoms with Crippen LogP contribution < -0.4 is 5.32 Å². The lowest BCUT2D eigenvalue weighted by Gasteiger charge is -2.20. The minimum absolute atomic E-state index is 0.271. The van der Waals surface area contributed by atoms with E-state index in [9.17, 15) is 0 Å². The second-order valence-electron chi connectivity index (χ2n) is 4.05. The number of thioether (sulfide) groups is 1. The molecule has 1 N–H and O–H groups in total. The Morgan fingerprint density at radius 2 is 2.12 bits per heavy atom. The van der Waals surface area contributed by atoms with Crippen molar-refractivity contribution in [3.05, 3.63) is 11.7 Å². The average Bonchev–Trinajstić information content (AvgIpc) is 2.81. The fourth-order valence-corrected chi connectivity index (χ4v) is 2.32. The molecule has 0 fully saturated rings. The first-order valence-electron chi connectivity index (χ1n) is 6.36. The molecular weight excluding hydrogens is 234 g/mol. The number of nitrogens with one attached hydrogen (secondary N) is 1. The molecule has 17 heavy (non-hydrogen) atoms. The molecule has 1 aromatic heterocycles. The molecule has 0 aliphatic rings. The number of hydrogen-bond donors (Lipinski definition) is 1. The van der Waals surface area contributed by atoms with E-state index in [1.165, 1.54) is 0 Å². The van der Waals surface area contributed by atoms with E-state index in [2.05, 4.69) is 43.2 Å². The SMILES string of the molecule is CCNC(CC)C(C)c1nc(CSCC)no1. The van der Waals surface area contributed by atoms with Crippen molar-refractivity contribution in [2.45, 2.75) is 51.8 Å². The van der Waals surface area contributed by atoms with Crippen LogP contribution in [0, 0.1) is 0 Å². The lowest BCUT2D eigenvalue weighted by atomic mass is 9.99. The van der Waals surface area contributed by atoms with Gasteiger partial charge in [0.05, 0.1) is 11.7 Å². The summed E-state index contributed by atoms with van der Waals surface area (Å²) in [5, 5.41) is 7.47. The van der Waals surface area contributed by atoms with Crippen LogP contribution in [0.5, 0.6) is 0 Å². The van der Waals surface area contributed by atoms with Crippen LogP contribution in [-0.2, 0) is 5.75 Å². The minimum Gasteiger partial charge on any atom is -0.339 e. The topological polar surface area (TPSA) is 51.0 Å². The van der Waals surface area contributed by atoms with Gasteiger partial charge in [0.1, 0.15) is 0 Å². The van der Waals surface area contributed by atoms with Crippen LogP contribution in [0.25, 0.3) is 0 Å². The van der Waals surface area contributed by atoms with E-state index in [-0.39, 0.29) is 5.92 Å². The molecule has 98 valence electrons. The molecule has 4 nitrogen and oxygen atoms in total. The van der Waals surface area contributed by atoms with Crippen LogP contribution in [-0.4, -0.2) is 28.5 Å². The van der Waals surface area contributed by atoms with Crippen molar-refractivity contribution in [3.63, 3.8) is 0 Å². The van der Waals surface area contributed by atoms with Gasteiger partial charge in [0.2, 0.25) is 5.89 Å². The lowest BCUT2D eigenvalue weighted by molar-refractivity contribution is 0.320. The highest BCUT2D eigenvalue weighted by Gasteiger charge is 2.21. The molecule has 0 saturated heterocycles. The van der Waals surface area contributed by atoms with E-state index in [0.29, 0.717) is 6.04 Å². The second kappa shape index (κ2) is 7.71. The van der Waals surface area contributed by atoms with Gasteiger partial charge in [0.15, 0.2) is 5.82 Å². The molecule has 0 bridgehead atoms. The fraction of sp³-hybridized carbons (Fsp3) is 0.833. The molecule has 1 rings (SSSR count). The van der Waals surface area contributed by atoms with E-state index in [0.717, 1.165) is 36.2 Å². The zero-order chi connectivity index (χ0) is 12.7. The molecule has 0 aliphatic heterocycles. The molecule has 0 radical (unpaired) electrons. The standard InChI is InChI=1S/C12H23N3OS/c1-5-10(13-6-2)9(4)12-14-11(15-16-12)8-17-7-3/h9-10,13H,5-8H2,1-4H3. The van der Waals surface area contributed by atoms with Crippen molar-refractivity contribution < 1.29 is 4.52 Å². The van der Waals surface area contributed by atoms with Crippen LogP contribution in [0.1, 0.15) is 51.7 Å². The summed E-state index contributed by atoms with van der Waals surface area (Å²) >= 11 is 1.81. The molecule has 1 aromatic rings. The lowest BCUT2D eigenvalue weighted by Crippen LogP contribution is -2.33. The average molecular weight is 257 g/mol. The van der Waals surface area contributed by atoms with Crippen molar-refractivity contribution in [2.24, 2.45) is 0 Å². The summed E-state index contributed by atoms with van der Waals surface area (Å²) in [5.41, 5.74) is 0. The zero-order valence-electron chi connectivity index (χ0n) is 11.2. The van der Waals surface area contributed by atoms with Crippen LogP contribution in [0.4, 0.5) is 0 Å². The van der Waals surface area contributed by atoms with Gasteiger partial charge < -0.3 is 9.84 Å². The van der Waals surface area contributed by atoms with E-state index in [1.54, 1.807) is 0 Å². The first-order chi connectivity index (χ1) is 8.22. The number of rotatable bonds is 8. The van der Waals surface area contributed by atoms with E-state index in [4.69, 9.17) is 4.52 Å². The summed E-state index contributed by atoms with van der Waals surface area (Å²) in [4.78, 5) is 4.46. The monoisotopic (exact) mass is 257 g/mol. The van der Waals surface area contributed by atoms with Crippen molar-refractivity contribution in [1.82, 2.24) is 15.5 Å². The van der Waals surface area contributed by atoms with E-state index >= 15 is 0 Å². The fourth-order valence-electron chi connectivity index (χ4n) is 1.81. The number of hydrogen-bond acceptors (Lipinski definition) is 5. The zero-order valence-corrected chi connectivity index (χ0v) is 12.0. The molecule has 0 aliphatic carbocycles. The van der Waals surface area contributed by atoms with Gasteiger partial charge >= 0.3 is 0 Å². The van der Waals surface area contributed by atoms with E-state index in [1.807, 2.05) is 11.8 Å². The highest BCUT2D eigenvalue weighted by atomic mass is 32.2. The third-order valence-electron chi connectivity index (χ3n) is 2.82. The molecule has 0 aromatic carbocycles. The van der Waals surface area contributed by atoms with E-state index < -0.39 is 0 Å². The van der Waals surface area contributed by atoms with Crippen molar-refractivity contribution in [3.8, 4) is 0 Å². The van der Waals surface area contributed by atoms with Crippen molar-refractivity contribution in [2.75, 3.05) is 12.3 Å². The third-order valence-corrected chi connectivity index (χ3v) is 3.69. The summed E-state index contributed by atoms with van der Waals surface area (Å²) in [7, 11) is 0. The predicted octanol–water partition coefficient (Wildman–Crippen LogP) is 2.81. The number of aromatic nitrogens is 2. The Kier molecular flexibility index (Phi) is 6.58. The Bertz CT molecular complexity index is 316. The van der Waals surface area contributed by atoms with Gasteiger partial charge in [-0.15, -0.1) is 0 Å². The Morgan fingerprint density at radius 1 is 1.35 bits per heavy atom. The summed E-state index contributed by atoms with van der Waals surface area (Å²) in [6.45, 7) is 9.53. The summed E-state index contributed by atoms with van der Waals surface area (Å²) in [6, 6.07) is 0.409. The Morgan fingerprint density at radius 3 is 2.71 bits per heavy atom. The van der Waals surface area contributed by atoms with Gasteiger partial charge in [0, 0.05) is 6.04 Å². The predicted molar refractivity (Wildman–Crippen MR) is 72.3 cm³/mol. The summed E-state index contributed by atoms with van der Waals surface area (Å²) < 4.78 is 5.34. The van der Waals surface area contributed by atoms with Gasteiger partial charge in [-0.2, -0.15) is 16.7 Å². The molecule has 1 heterocycles. The molecule has 2 unspecified atom stereocenters. The van der Waals surface area contributed by atoms with Crippen LogP contribution in [0.3, 0.4) is 0 Å². The summed E-state index contributed by atoms with van der Waals surface area (Å²) in [5.74, 6) is 3.75. The van der Waals surface area contributed by atoms with Crippen molar-refractivity contribution in [1.29, 1.82) is 0 Å². The first-order valence-corrected chi connectivity index (χ1v) is 7.51. The third kappa shape index (κ3) is 4.32.